The van der Waals surface area contributed by atoms with Gasteiger partial charge in [-0.05, 0) is 49.1 Å². The number of unbranched alkanes of at least 4 members (excludes halogenated alkanes) is 1. The highest BCUT2D eigenvalue weighted by Crippen LogP contribution is 2.24. The van der Waals surface area contributed by atoms with Crippen LogP contribution in [0.3, 0.4) is 0 Å². The summed E-state index contributed by atoms with van der Waals surface area (Å²) in [5.74, 6) is 0.314. The Morgan fingerprint density at radius 3 is 2.27 bits per heavy atom. The van der Waals surface area contributed by atoms with E-state index in [4.69, 9.17) is 19.9 Å². The van der Waals surface area contributed by atoms with E-state index in [-0.39, 0.29) is 47.9 Å². The summed E-state index contributed by atoms with van der Waals surface area (Å²) < 4.78 is 16.2. The number of amides is 2. The van der Waals surface area contributed by atoms with Crippen molar-refractivity contribution in [2.75, 3.05) is 46.6 Å². The molecule has 0 fully saturated rings. The van der Waals surface area contributed by atoms with E-state index in [0.717, 1.165) is 12.8 Å². The number of halogens is 1. The highest BCUT2D eigenvalue weighted by Gasteiger charge is 2.29. The number of methoxy groups -OCH3 is 1. The van der Waals surface area contributed by atoms with Gasteiger partial charge < -0.3 is 35.7 Å². The molecule has 0 heterocycles. The van der Waals surface area contributed by atoms with Crippen molar-refractivity contribution in [1.82, 2.24) is 10.6 Å². The van der Waals surface area contributed by atoms with Gasteiger partial charge in [0.15, 0.2) is 0 Å². The largest absolute Gasteiger partial charge is 0.490 e. The quantitative estimate of drug-likeness (QED) is 0.161. The number of hydrogen-bond acceptors (Lipinski definition) is 7. The summed E-state index contributed by atoms with van der Waals surface area (Å²) in [7, 11) is 1.62. The Morgan fingerprint density at radius 1 is 0.975 bits per heavy atom. The zero-order chi connectivity index (χ0) is 29.2. The van der Waals surface area contributed by atoms with Crippen LogP contribution in [-0.2, 0) is 14.3 Å². The maximum atomic E-state index is 13.0. The van der Waals surface area contributed by atoms with Gasteiger partial charge in [0.05, 0.1) is 31.5 Å². The Balaban J connectivity index is 0.0000152. The number of nitrogens with one attached hydrogen (secondary N) is 2. The van der Waals surface area contributed by atoms with Crippen LogP contribution in [-0.4, -0.2) is 75.7 Å². The Morgan fingerprint density at radius 2 is 1.65 bits per heavy atom. The molecule has 0 aliphatic rings. The summed E-state index contributed by atoms with van der Waals surface area (Å²) in [5.41, 5.74) is 6.89. The van der Waals surface area contributed by atoms with Crippen molar-refractivity contribution in [2.45, 2.75) is 72.4 Å². The van der Waals surface area contributed by atoms with Crippen LogP contribution in [0, 0.1) is 23.7 Å². The highest BCUT2D eigenvalue weighted by atomic mass is 35.5. The maximum absolute atomic E-state index is 13.0. The number of ether oxygens (including phenoxy) is 3. The molecule has 5 N–H and O–H groups in total. The van der Waals surface area contributed by atoms with Crippen LogP contribution in [0.5, 0.6) is 5.75 Å². The molecule has 1 rings (SSSR count). The van der Waals surface area contributed by atoms with Gasteiger partial charge in [-0.2, -0.15) is 0 Å². The van der Waals surface area contributed by atoms with E-state index in [1.165, 1.54) is 0 Å². The van der Waals surface area contributed by atoms with E-state index < -0.39 is 12.1 Å². The number of carbonyl (C=O) groups is 2. The van der Waals surface area contributed by atoms with Gasteiger partial charge in [-0.15, -0.1) is 12.4 Å². The van der Waals surface area contributed by atoms with Crippen LogP contribution < -0.4 is 21.1 Å². The number of aliphatic hydroxyl groups is 1. The third-order valence-electron chi connectivity index (χ3n) is 7.05. The molecule has 0 radical (unpaired) electrons. The molecule has 4 unspecified atom stereocenters. The van der Waals surface area contributed by atoms with E-state index in [0.29, 0.717) is 63.7 Å². The standard InChI is InChI=1S/C30H53N3O6.ClH/c1-7-8-13-32-30(36)25(22(4)5)19-27(34)26(31)18-23(21(2)3)20-33-29(35)24-11-9-10-12-28(24)39-17-16-38-15-14-37-6;/h9-12,21-23,25-27,34H,7-8,13-20,31H2,1-6H3,(H,32,36)(H,33,35);1H. The topological polar surface area (TPSA) is 132 Å². The summed E-state index contributed by atoms with van der Waals surface area (Å²) in [4.78, 5) is 25.7. The SMILES string of the molecule is CCCCNC(=O)C(CC(O)C(N)CC(CNC(=O)c1ccccc1OCCOCCOC)C(C)C)C(C)C.Cl. The molecule has 1 aromatic carbocycles. The van der Waals surface area contributed by atoms with Gasteiger partial charge in [-0.25, -0.2) is 0 Å². The van der Waals surface area contributed by atoms with Gasteiger partial charge >= 0.3 is 0 Å². The van der Waals surface area contributed by atoms with Crippen LogP contribution in [0.1, 0.15) is 70.7 Å². The Bertz CT molecular complexity index is 826. The molecular formula is C30H54ClN3O6. The van der Waals surface area contributed by atoms with E-state index in [9.17, 15) is 14.7 Å². The second-order valence-electron chi connectivity index (χ2n) is 10.9. The molecule has 2 amide bonds. The van der Waals surface area contributed by atoms with Crippen LogP contribution >= 0.6 is 12.4 Å². The first-order valence-corrected chi connectivity index (χ1v) is 14.4. The number of carbonyl (C=O) groups excluding carboxylic acids is 2. The fourth-order valence-electron chi connectivity index (χ4n) is 4.29. The number of rotatable bonds is 21. The van der Waals surface area contributed by atoms with E-state index in [1.54, 1.807) is 25.3 Å². The minimum Gasteiger partial charge on any atom is -0.490 e. The second kappa shape index (κ2) is 21.8. The molecule has 0 bridgehead atoms. The van der Waals surface area contributed by atoms with Crippen LogP contribution in [0.4, 0.5) is 0 Å². The van der Waals surface area contributed by atoms with E-state index >= 15 is 0 Å². The summed E-state index contributed by atoms with van der Waals surface area (Å²) in [6.07, 6.45) is 1.97. The molecule has 0 aliphatic heterocycles. The summed E-state index contributed by atoms with van der Waals surface area (Å²) >= 11 is 0. The van der Waals surface area contributed by atoms with Crippen molar-refractivity contribution in [3.05, 3.63) is 29.8 Å². The lowest BCUT2D eigenvalue weighted by molar-refractivity contribution is -0.127. The summed E-state index contributed by atoms with van der Waals surface area (Å²) in [6.45, 7) is 13.0. The number of para-hydroxylation sites is 1. The van der Waals surface area contributed by atoms with E-state index in [1.807, 2.05) is 19.9 Å². The lowest BCUT2D eigenvalue weighted by Gasteiger charge is -2.30. The normalized spacial score (nSPS) is 14.2. The Labute approximate surface area is 247 Å². The fourth-order valence-corrected chi connectivity index (χ4v) is 4.29. The third kappa shape index (κ3) is 14.6. The molecule has 0 aromatic heterocycles. The highest BCUT2D eigenvalue weighted by molar-refractivity contribution is 5.96. The summed E-state index contributed by atoms with van der Waals surface area (Å²) in [6, 6.07) is 6.61. The van der Waals surface area contributed by atoms with Crippen LogP contribution in [0.2, 0.25) is 0 Å². The van der Waals surface area contributed by atoms with Crippen molar-refractivity contribution in [3.8, 4) is 5.75 Å². The third-order valence-corrected chi connectivity index (χ3v) is 7.05. The molecule has 232 valence electrons. The average Bonchev–Trinajstić information content (AvgIpc) is 2.90. The minimum atomic E-state index is -0.813. The molecular weight excluding hydrogens is 534 g/mol. The Kier molecular flexibility index (Phi) is 20.7. The monoisotopic (exact) mass is 587 g/mol. The van der Waals surface area contributed by atoms with Gasteiger partial charge in [0.2, 0.25) is 5.91 Å². The number of nitrogens with two attached hydrogens (primary N) is 1. The molecule has 40 heavy (non-hydrogen) atoms. The first-order chi connectivity index (χ1) is 18.6. The lowest BCUT2D eigenvalue weighted by Crippen LogP contribution is -2.44. The van der Waals surface area contributed by atoms with Gasteiger partial charge in [-0.3, -0.25) is 9.59 Å². The number of hydrogen-bond donors (Lipinski definition) is 4. The molecule has 1 aromatic rings. The first-order valence-electron chi connectivity index (χ1n) is 14.4. The van der Waals surface area contributed by atoms with Crippen LogP contribution in [0.25, 0.3) is 0 Å². The van der Waals surface area contributed by atoms with Crippen molar-refractivity contribution in [3.63, 3.8) is 0 Å². The lowest BCUT2D eigenvalue weighted by atomic mass is 9.83. The molecule has 9 nitrogen and oxygen atoms in total. The molecule has 10 heteroatoms. The number of aliphatic hydroxyl groups excluding tert-OH is 1. The zero-order valence-corrected chi connectivity index (χ0v) is 26.1. The van der Waals surface area contributed by atoms with Gasteiger partial charge in [0.1, 0.15) is 12.4 Å². The average molecular weight is 588 g/mol. The Hall–Kier alpha value is -1.91. The fraction of sp³-hybridized carbons (Fsp3) is 0.733. The van der Waals surface area contributed by atoms with Crippen molar-refractivity contribution >= 4 is 24.2 Å². The molecule has 0 saturated heterocycles. The molecule has 0 saturated carbocycles. The van der Waals surface area contributed by atoms with Crippen molar-refractivity contribution in [1.29, 1.82) is 0 Å². The van der Waals surface area contributed by atoms with Crippen molar-refractivity contribution < 1.29 is 28.9 Å². The first kappa shape index (κ1) is 38.1. The summed E-state index contributed by atoms with van der Waals surface area (Å²) in [5, 5.41) is 16.9. The van der Waals surface area contributed by atoms with Crippen molar-refractivity contribution in [2.24, 2.45) is 29.4 Å². The molecule has 0 aliphatic carbocycles. The van der Waals surface area contributed by atoms with Gasteiger partial charge in [-0.1, -0.05) is 53.2 Å². The van der Waals surface area contributed by atoms with E-state index in [2.05, 4.69) is 31.4 Å². The predicted molar refractivity (Wildman–Crippen MR) is 162 cm³/mol. The second-order valence-corrected chi connectivity index (χ2v) is 10.9. The smallest absolute Gasteiger partial charge is 0.255 e. The molecule has 4 atom stereocenters. The number of benzene rings is 1. The van der Waals surface area contributed by atoms with Gasteiger partial charge in [0.25, 0.3) is 5.91 Å². The maximum Gasteiger partial charge on any atom is 0.255 e. The van der Waals surface area contributed by atoms with Crippen LogP contribution in [0.15, 0.2) is 24.3 Å². The zero-order valence-electron chi connectivity index (χ0n) is 25.3. The minimum absolute atomic E-state index is 0. The molecule has 0 spiro atoms. The van der Waals surface area contributed by atoms with Gasteiger partial charge in [0, 0.05) is 32.2 Å². The predicted octanol–water partition coefficient (Wildman–Crippen LogP) is 3.81.